The van der Waals surface area contributed by atoms with Crippen molar-refractivity contribution in [3.8, 4) is 0 Å². The number of hydrogen-bond donors (Lipinski definition) is 2. The summed E-state index contributed by atoms with van der Waals surface area (Å²) in [5.41, 5.74) is 0.971. The third kappa shape index (κ3) is 4.17. The van der Waals surface area contributed by atoms with Crippen LogP contribution in [0.15, 0.2) is 41.0 Å². The number of hydrogen-bond acceptors (Lipinski definition) is 4. The first-order valence-corrected chi connectivity index (χ1v) is 8.21. The maximum Gasteiger partial charge on any atom is 0.229 e. The van der Waals surface area contributed by atoms with E-state index >= 15 is 0 Å². The van der Waals surface area contributed by atoms with Crippen LogP contribution in [0.1, 0.15) is 32.1 Å². The molecule has 2 N–H and O–H groups in total. The summed E-state index contributed by atoms with van der Waals surface area (Å²) in [5.74, 6) is 1.52. The maximum atomic E-state index is 4.54. The van der Waals surface area contributed by atoms with Gasteiger partial charge in [-0.25, -0.2) is 4.98 Å². The highest BCUT2D eigenvalue weighted by molar-refractivity contribution is 9.10. The number of nitrogens with zero attached hydrogens (tertiary/aromatic N) is 2. The standard InChI is InChI=1S/C16H19BrN4/c17-12-5-4-8-14(11-12)20-16-18-10-9-15(21-16)19-13-6-2-1-3-7-13/h4-5,8-11,13H,1-3,6-7H2,(H2,18,19,20,21). The molecule has 1 aliphatic rings. The Morgan fingerprint density at radius 3 is 2.76 bits per heavy atom. The molecule has 0 amide bonds. The second kappa shape index (κ2) is 6.89. The molecule has 1 aliphatic carbocycles. The molecule has 1 saturated carbocycles. The van der Waals surface area contributed by atoms with Crippen LogP contribution >= 0.6 is 15.9 Å². The fourth-order valence-corrected chi connectivity index (χ4v) is 3.05. The Morgan fingerprint density at radius 1 is 1.10 bits per heavy atom. The van der Waals surface area contributed by atoms with Crippen molar-refractivity contribution in [2.45, 2.75) is 38.1 Å². The van der Waals surface area contributed by atoms with Gasteiger partial charge in [0.15, 0.2) is 0 Å². The highest BCUT2D eigenvalue weighted by Crippen LogP contribution is 2.22. The van der Waals surface area contributed by atoms with E-state index in [-0.39, 0.29) is 0 Å². The van der Waals surface area contributed by atoms with Crippen LogP contribution in [0.5, 0.6) is 0 Å². The monoisotopic (exact) mass is 346 g/mol. The average Bonchev–Trinajstić information content (AvgIpc) is 2.49. The first kappa shape index (κ1) is 14.3. The van der Waals surface area contributed by atoms with Gasteiger partial charge in [0.25, 0.3) is 0 Å². The highest BCUT2D eigenvalue weighted by Gasteiger charge is 2.13. The molecule has 0 bridgehead atoms. The quantitative estimate of drug-likeness (QED) is 0.840. The molecule has 1 heterocycles. The number of anilines is 3. The van der Waals surface area contributed by atoms with Crippen LogP contribution in [0.25, 0.3) is 0 Å². The lowest BCUT2D eigenvalue weighted by atomic mass is 9.95. The minimum absolute atomic E-state index is 0.548. The molecule has 1 aromatic carbocycles. The van der Waals surface area contributed by atoms with Gasteiger partial charge in [0.05, 0.1) is 0 Å². The third-order valence-corrected chi connectivity index (χ3v) is 4.19. The van der Waals surface area contributed by atoms with Crippen LogP contribution in [0.3, 0.4) is 0 Å². The SMILES string of the molecule is Brc1cccc(Nc2nccc(NC3CCCCC3)n2)c1. The summed E-state index contributed by atoms with van der Waals surface area (Å²) < 4.78 is 1.03. The highest BCUT2D eigenvalue weighted by atomic mass is 79.9. The van der Waals surface area contributed by atoms with Gasteiger partial charge >= 0.3 is 0 Å². The molecule has 4 nitrogen and oxygen atoms in total. The van der Waals surface area contributed by atoms with Crippen molar-refractivity contribution < 1.29 is 0 Å². The van der Waals surface area contributed by atoms with Crippen molar-refractivity contribution >= 4 is 33.4 Å². The molecule has 1 fully saturated rings. The second-order valence-electron chi connectivity index (χ2n) is 5.38. The third-order valence-electron chi connectivity index (χ3n) is 3.69. The summed E-state index contributed by atoms with van der Waals surface area (Å²) in [4.78, 5) is 8.82. The number of nitrogens with one attached hydrogen (secondary N) is 2. The van der Waals surface area contributed by atoms with Crippen molar-refractivity contribution in [1.29, 1.82) is 0 Å². The minimum Gasteiger partial charge on any atom is -0.367 e. The van der Waals surface area contributed by atoms with E-state index in [1.807, 2.05) is 30.3 Å². The Labute approximate surface area is 133 Å². The fraction of sp³-hybridized carbons (Fsp3) is 0.375. The molecule has 1 aromatic heterocycles. The van der Waals surface area contributed by atoms with E-state index in [4.69, 9.17) is 0 Å². The van der Waals surface area contributed by atoms with E-state index in [1.165, 1.54) is 32.1 Å². The summed E-state index contributed by atoms with van der Waals surface area (Å²) in [6.45, 7) is 0. The summed E-state index contributed by atoms with van der Waals surface area (Å²) >= 11 is 3.46. The van der Waals surface area contributed by atoms with Crippen molar-refractivity contribution in [3.63, 3.8) is 0 Å². The molecule has 21 heavy (non-hydrogen) atoms. The zero-order valence-electron chi connectivity index (χ0n) is 11.8. The average molecular weight is 347 g/mol. The molecule has 0 spiro atoms. The van der Waals surface area contributed by atoms with Crippen molar-refractivity contribution in [2.75, 3.05) is 10.6 Å². The zero-order chi connectivity index (χ0) is 14.5. The lowest BCUT2D eigenvalue weighted by Crippen LogP contribution is -2.22. The van der Waals surface area contributed by atoms with Crippen LogP contribution in [0.2, 0.25) is 0 Å². The normalized spacial score (nSPS) is 15.7. The summed E-state index contributed by atoms with van der Waals surface area (Å²) in [6, 6.07) is 10.5. The molecule has 0 saturated heterocycles. The number of benzene rings is 1. The van der Waals surface area contributed by atoms with Gasteiger partial charge in [-0.05, 0) is 37.1 Å². The molecule has 5 heteroatoms. The molecule has 0 aliphatic heterocycles. The van der Waals surface area contributed by atoms with Crippen molar-refractivity contribution in [3.05, 3.63) is 41.0 Å². The first-order valence-electron chi connectivity index (χ1n) is 7.42. The predicted octanol–water partition coefficient (Wildman–Crippen LogP) is 4.73. The van der Waals surface area contributed by atoms with Gasteiger partial charge in [-0.2, -0.15) is 4.98 Å². The van der Waals surface area contributed by atoms with Crippen LogP contribution in [0.4, 0.5) is 17.5 Å². The second-order valence-corrected chi connectivity index (χ2v) is 6.30. The van der Waals surface area contributed by atoms with E-state index in [2.05, 4.69) is 36.5 Å². The first-order chi connectivity index (χ1) is 10.3. The minimum atomic E-state index is 0.548. The molecular formula is C16H19BrN4. The molecule has 0 atom stereocenters. The van der Waals surface area contributed by atoms with Gasteiger partial charge in [0, 0.05) is 22.4 Å². The van der Waals surface area contributed by atoms with E-state index < -0.39 is 0 Å². The van der Waals surface area contributed by atoms with Crippen molar-refractivity contribution in [2.24, 2.45) is 0 Å². The molecule has 0 unspecified atom stereocenters. The van der Waals surface area contributed by atoms with Gasteiger partial charge in [-0.1, -0.05) is 41.3 Å². The Kier molecular flexibility index (Phi) is 4.70. The Balaban J connectivity index is 1.67. The van der Waals surface area contributed by atoms with Crippen LogP contribution in [-0.2, 0) is 0 Å². The molecular weight excluding hydrogens is 328 g/mol. The largest absolute Gasteiger partial charge is 0.367 e. The smallest absolute Gasteiger partial charge is 0.229 e. The van der Waals surface area contributed by atoms with Gasteiger partial charge in [0.1, 0.15) is 5.82 Å². The van der Waals surface area contributed by atoms with Gasteiger partial charge in [-0.15, -0.1) is 0 Å². The van der Waals surface area contributed by atoms with Gasteiger partial charge in [0.2, 0.25) is 5.95 Å². The van der Waals surface area contributed by atoms with Crippen LogP contribution in [-0.4, -0.2) is 16.0 Å². The van der Waals surface area contributed by atoms with Crippen molar-refractivity contribution in [1.82, 2.24) is 9.97 Å². The predicted molar refractivity (Wildman–Crippen MR) is 90.0 cm³/mol. The topological polar surface area (TPSA) is 49.8 Å². The van der Waals surface area contributed by atoms with Crippen LogP contribution in [0, 0.1) is 0 Å². The number of aromatic nitrogens is 2. The maximum absolute atomic E-state index is 4.54. The zero-order valence-corrected chi connectivity index (χ0v) is 13.4. The summed E-state index contributed by atoms with van der Waals surface area (Å²) in [7, 11) is 0. The molecule has 0 radical (unpaired) electrons. The fourth-order valence-electron chi connectivity index (χ4n) is 2.65. The summed E-state index contributed by atoms with van der Waals surface area (Å²) in [6.07, 6.45) is 8.24. The summed E-state index contributed by atoms with van der Waals surface area (Å²) in [5, 5.41) is 6.75. The Hall–Kier alpha value is -1.62. The van der Waals surface area contributed by atoms with Gasteiger partial charge in [-0.3, -0.25) is 0 Å². The molecule has 2 aromatic rings. The lowest BCUT2D eigenvalue weighted by molar-refractivity contribution is 0.462. The Bertz CT molecular complexity index is 596. The van der Waals surface area contributed by atoms with E-state index in [1.54, 1.807) is 6.20 Å². The molecule has 110 valence electrons. The lowest BCUT2D eigenvalue weighted by Gasteiger charge is -2.23. The molecule has 3 rings (SSSR count). The van der Waals surface area contributed by atoms with E-state index in [0.29, 0.717) is 12.0 Å². The van der Waals surface area contributed by atoms with E-state index in [9.17, 15) is 0 Å². The van der Waals surface area contributed by atoms with Gasteiger partial charge < -0.3 is 10.6 Å². The van der Waals surface area contributed by atoms with E-state index in [0.717, 1.165) is 16.0 Å². The number of rotatable bonds is 4. The Morgan fingerprint density at radius 2 is 1.95 bits per heavy atom. The van der Waals surface area contributed by atoms with Crippen LogP contribution < -0.4 is 10.6 Å². The number of halogens is 1.